The van der Waals surface area contributed by atoms with Crippen LogP contribution in [0.1, 0.15) is 16.8 Å². The van der Waals surface area contributed by atoms with Crippen molar-refractivity contribution >= 4 is 29.1 Å². The zero-order valence-corrected chi connectivity index (χ0v) is 11.1. The Kier molecular flexibility index (Phi) is 3.92. The molecule has 0 spiro atoms. The molecule has 1 atom stereocenters. The zero-order chi connectivity index (χ0) is 12.4. The van der Waals surface area contributed by atoms with Crippen LogP contribution in [-0.4, -0.2) is 37.0 Å². The Bertz CT molecular complexity index is 410. The summed E-state index contributed by atoms with van der Waals surface area (Å²) in [7, 11) is 1.81. The van der Waals surface area contributed by atoms with E-state index in [1.54, 1.807) is 23.1 Å². The van der Waals surface area contributed by atoms with E-state index in [-0.39, 0.29) is 11.9 Å². The van der Waals surface area contributed by atoms with Crippen LogP contribution >= 0.6 is 23.2 Å². The highest BCUT2D eigenvalue weighted by Crippen LogP contribution is 2.21. The number of nitrogens with zero attached hydrogens (tertiary/aromatic N) is 1. The van der Waals surface area contributed by atoms with E-state index in [4.69, 9.17) is 23.2 Å². The number of hydrogen-bond acceptors (Lipinski definition) is 2. The summed E-state index contributed by atoms with van der Waals surface area (Å²) in [5.74, 6) is -0.0388. The Hall–Kier alpha value is -0.770. The predicted molar refractivity (Wildman–Crippen MR) is 69.8 cm³/mol. The SMILES string of the molecule is CN(C(=O)c1cc(Cl)cc(Cl)c1)[C@H]1CCNC1. The maximum atomic E-state index is 12.2. The van der Waals surface area contributed by atoms with Crippen LogP contribution in [0.3, 0.4) is 0 Å². The van der Waals surface area contributed by atoms with Gasteiger partial charge in [-0.15, -0.1) is 0 Å². The van der Waals surface area contributed by atoms with Crippen LogP contribution in [0, 0.1) is 0 Å². The Morgan fingerprint density at radius 3 is 2.53 bits per heavy atom. The van der Waals surface area contributed by atoms with Gasteiger partial charge in [-0.2, -0.15) is 0 Å². The first-order chi connectivity index (χ1) is 8.08. The molecule has 1 aromatic rings. The summed E-state index contributed by atoms with van der Waals surface area (Å²) in [4.78, 5) is 14.0. The van der Waals surface area contributed by atoms with Gasteiger partial charge < -0.3 is 10.2 Å². The van der Waals surface area contributed by atoms with Crippen molar-refractivity contribution in [2.75, 3.05) is 20.1 Å². The van der Waals surface area contributed by atoms with Crippen molar-refractivity contribution in [3.8, 4) is 0 Å². The second-order valence-electron chi connectivity index (χ2n) is 4.22. The van der Waals surface area contributed by atoms with E-state index in [2.05, 4.69) is 5.32 Å². The molecule has 0 saturated carbocycles. The van der Waals surface area contributed by atoms with E-state index in [1.165, 1.54) is 0 Å². The third kappa shape index (κ3) is 2.92. The van der Waals surface area contributed by atoms with Gasteiger partial charge in [0, 0.05) is 35.2 Å². The van der Waals surface area contributed by atoms with Crippen LogP contribution in [0.5, 0.6) is 0 Å². The van der Waals surface area contributed by atoms with Crippen molar-refractivity contribution in [3.63, 3.8) is 0 Å². The maximum absolute atomic E-state index is 12.2. The molecular formula is C12H14Cl2N2O. The number of likely N-dealkylation sites (N-methyl/N-ethyl adjacent to an activating group) is 1. The van der Waals surface area contributed by atoms with E-state index < -0.39 is 0 Å². The minimum absolute atomic E-state index is 0.0388. The minimum Gasteiger partial charge on any atom is -0.337 e. The molecule has 0 radical (unpaired) electrons. The number of benzene rings is 1. The standard InChI is InChI=1S/C12H14Cl2N2O/c1-16(11-2-3-15-7-11)12(17)8-4-9(13)6-10(14)5-8/h4-6,11,15H,2-3,7H2,1H3/t11-/m0/s1. The van der Waals surface area contributed by atoms with Crippen molar-refractivity contribution in [3.05, 3.63) is 33.8 Å². The molecular weight excluding hydrogens is 259 g/mol. The molecule has 1 N–H and O–H groups in total. The molecule has 0 bridgehead atoms. The van der Waals surface area contributed by atoms with E-state index >= 15 is 0 Å². The topological polar surface area (TPSA) is 32.3 Å². The summed E-state index contributed by atoms with van der Waals surface area (Å²) < 4.78 is 0. The molecule has 5 heteroatoms. The Labute approximate surface area is 111 Å². The van der Waals surface area contributed by atoms with Crippen molar-refractivity contribution in [2.24, 2.45) is 0 Å². The van der Waals surface area contributed by atoms with Gasteiger partial charge >= 0.3 is 0 Å². The van der Waals surface area contributed by atoms with Gasteiger partial charge in [0.25, 0.3) is 5.91 Å². The number of carbonyl (C=O) groups is 1. The number of rotatable bonds is 2. The average Bonchev–Trinajstić information content (AvgIpc) is 2.79. The third-order valence-electron chi connectivity index (χ3n) is 3.01. The first-order valence-corrected chi connectivity index (χ1v) is 6.27. The number of halogens is 2. The lowest BCUT2D eigenvalue weighted by atomic mass is 10.1. The first-order valence-electron chi connectivity index (χ1n) is 5.52. The van der Waals surface area contributed by atoms with Gasteiger partial charge in [0.1, 0.15) is 0 Å². The van der Waals surface area contributed by atoms with Gasteiger partial charge in [-0.1, -0.05) is 23.2 Å². The van der Waals surface area contributed by atoms with Crippen LogP contribution in [-0.2, 0) is 0 Å². The molecule has 1 aliphatic rings. The molecule has 1 aromatic carbocycles. The molecule has 0 aliphatic carbocycles. The first kappa shape index (κ1) is 12.7. The predicted octanol–water partition coefficient (Wildman–Crippen LogP) is 2.43. The highest BCUT2D eigenvalue weighted by atomic mass is 35.5. The highest BCUT2D eigenvalue weighted by Gasteiger charge is 2.24. The smallest absolute Gasteiger partial charge is 0.253 e. The summed E-state index contributed by atoms with van der Waals surface area (Å²) in [5.41, 5.74) is 0.539. The van der Waals surface area contributed by atoms with Gasteiger partial charge in [-0.25, -0.2) is 0 Å². The van der Waals surface area contributed by atoms with Gasteiger partial charge in [0.15, 0.2) is 0 Å². The fourth-order valence-corrected chi connectivity index (χ4v) is 2.54. The van der Waals surface area contributed by atoms with Gasteiger partial charge in [-0.3, -0.25) is 4.79 Å². The van der Waals surface area contributed by atoms with Gasteiger partial charge in [0.05, 0.1) is 0 Å². The molecule has 3 nitrogen and oxygen atoms in total. The Morgan fingerprint density at radius 1 is 1.35 bits per heavy atom. The molecule has 1 saturated heterocycles. The van der Waals surface area contributed by atoms with E-state index in [0.29, 0.717) is 15.6 Å². The van der Waals surface area contributed by atoms with Crippen LogP contribution in [0.2, 0.25) is 10.0 Å². The number of nitrogens with one attached hydrogen (secondary N) is 1. The lowest BCUT2D eigenvalue weighted by molar-refractivity contribution is 0.0744. The fraction of sp³-hybridized carbons (Fsp3) is 0.417. The zero-order valence-electron chi connectivity index (χ0n) is 9.54. The van der Waals surface area contributed by atoms with Crippen LogP contribution in [0.4, 0.5) is 0 Å². The van der Waals surface area contributed by atoms with Crippen LogP contribution in [0.15, 0.2) is 18.2 Å². The highest BCUT2D eigenvalue weighted by molar-refractivity contribution is 6.35. The number of carbonyl (C=O) groups excluding carboxylic acids is 1. The normalized spacial score (nSPS) is 19.4. The summed E-state index contributed by atoms with van der Waals surface area (Å²) in [5, 5.41) is 4.21. The van der Waals surface area contributed by atoms with E-state index in [9.17, 15) is 4.79 Å². The van der Waals surface area contributed by atoms with Gasteiger partial charge in [-0.05, 0) is 31.2 Å². The fourth-order valence-electron chi connectivity index (χ4n) is 2.02. The molecule has 1 fully saturated rings. The summed E-state index contributed by atoms with van der Waals surface area (Å²) in [6.45, 7) is 1.80. The summed E-state index contributed by atoms with van der Waals surface area (Å²) in [6.07, 6.45) is 0.983. The van der Waals surface area contributed by atoms with Gasteiger partial charge in [0.2, 0.25) is 0 Å². The minimum atomic E-state index is -0.0388. The third-order valence-corrected chi connectivity index (χ3v) is 3.45. The molecule has 17 heavy (non-hydrogen) atoms. The molecule has 1 heterocycles. The van der Waals surface area contributed by atoms with Crippen LogP contribution < -0.4 is 5.32 Å². The average molecular weight is 273 g/mol. The molecule has 1 aliphatic heterocycles. The van der Waals surface area contributed by atoms with Crippen molar-refractivity contribution in [1.29, 1.82) is 0 Å². The number of hydrogen-bond donors (Lipinski definition) is 1. The lowest BCUT2D eigenvalue weighted by Crippen LogP contribution is -2.38. The molecule has 2 rings (SSSR count). The quantitative estimate of drug-likeness (QED) is 0.897. The second kappa shape index (κ2) is 5.25. The van der Waals surface area contributed by atoms with E-state index in [1.807, 2.05) is 7.05 Å². The van der Waals surface area contributed by atoms with Crippen molar-refractivity contribution in [1.82, 2.24) is 10.2 Å². The second-order valence-corrected chi connectivity index (χ2v) is 5.09. The maximum Gasteiger partial charge on any atom is 0.253 e. The lowest BCUT2D eigenvalue weighted by Gasteiger charge is -2.24. The monoisotopic (exact) mass is 272 g/mol. The Morgan fingerprint density at radius 2 is 2.00 bits per heavy atom. The molecule has 0 aromatic heterocycles. The largest absolute Gasteiger partial charge is 0.337 e. The summed E-state index contributed by atoms with van der Waals surface area (Å²) in [6, 6.07) is 5.17. The molecule has 1 amide bonds. The van der Waals surface area contributed by atoms with Crippen molar-refractivity contribution in [2.45, 2.75) is 12.5 Å². The Balaban J connectivity index is 2.17. The summed E-state index contributed by atoms with van der Waals surface area (Å²) >= 11 is 11.8. The van der Waals surface area contributed by atoms with E-state index in [0.717, 1.165) is 19.5 Å². The van der Waals surface area contributed by atoms with Crippen LogP contribution in [0.25, 0.3) is 0 Å². The molecule has 92 valence electrons. The van der Waals surface area contributed by atoms with Crippen molar-refractivity contribution < 1.29 is 4.79 Å². The molecule has 0 unspecified atom stereocenters. The number of amides is 1.